The van der Waals surface area contributed by atoms with E-state index in [-0.39, 0.29) is 12.5 Å². The number of aliphatic hydroxyl groups is 1. The number of furan rings is 1. The Morgan fingerprint density at radius 1 is 1.37 bits per heavy atom. The topological polar surface area (TPSA) is 62.5 Å². The van der Waals surface area contributed by atoms with Gasteiger partial charge in [-0.05, 0) is 47.1 Å². The fraction of sp³-hybridized carbons (Fsp3) is 0.214. The van der Waals surface area contributed by atoms with Crippen molar-refractivity contribution >= 4 is 21.8 Å². The Hall–Kier alpha value is -1.59. The van der Waals surface area contributed by atoms with E-state index in [1.165, 1.54) is 6.26 Å². The highest BCUT2D eigenvalue weighted by molar-refractivity contribution is 9.10. The van der Waals surface area contributed by atoms with Crippen molar-refractivity contribution in [3.63, 3.8) is 0 Å². The number of hydrogen-bond donors (Lipinski definition) is 2. The molecule has 0 unspecified atom stereocenters. The molecule has 4 nitrogen and oxygen atoms in total. The molecule has 5 heteroatoms. The molecule has 1 amide bonds. The summed E-state index contributed by atoms with van der Waals surface area (Å²) < 4.78 is 5.86. The van der Waals surface area contributed by atoms with E-state index in [1.807, 2.05) is 6.07 Å². The van der Waals surface area contributed by atoms with E-state index in [0.717, 1.165) is 0 Å². The minimum atomic E-state index is -1.24. The molecule has 2 aromatic rings. The molecule has 0 spiro atoms. The molecule has 0 saturated heterocycles. The normalized spacial score (nSPS) is 13.8. The molecule has 0 aliphatic rings. The lowest BCUT2D eigenvalue weighted by Crippen LogP contribution is -2.38. The van der Waals surface area contributed by atoms with Crippen LogP contribution in [0.5, 0.6) is 0 Å². The summed E-state index contributed by atoms with van der Waals surface area (Å²) >= 11 is 3.31. The first kappa shape index (κ1) is 13.8. The van der Waals surface area contributed by atoms with Crippen LogP contribution in [0.2, 0.25) is 0 Å². The molecule has 0 bridgehead atoms. The van der Waals surface area contributed by atoms with Crippen molar-refractivity contribution in [2.75, 3.05) is 6.54 Å². The molecule has 19 heavy (non-hydrogen) atoms. The third-order valence-corrected chi connectivity index (χ3v) is 3.46. The van der Waals surface area contributed by atoms with Gasteiger partial charge in [-0.1, -0.05) is 12.1 Å². The van der Waals surface area contributed by atoms with Crippen molar-refractivity contribution in [3.05, 3.63) is 58.5 Å². The van der Waals surface area contributed by atoms with Gasteiger partial charge in [0, 0.05) is 4.47 Å². The molecular weight excluding hydrogens is 310 g/mol. The van der Waals surface area contributed by atoms with E-state index in [2.05, 4.69) is 21.2 Å². The van der Waals surface area contributed by atoms with E-state index in [4.69, 9.17) is 4.42 Å². The van der Waals surface area contributed by atoms with Crippen molar-refractivity contribution in [3.8, 4) is 0 Å². The molecule has 0 fully saturated rings. The number of carbonyl (C=O) groups excluding carboxylic acids is 1. The Kier molecular flexibility index (Phi) is 4.07. The lowest BCUT2D eigenvalue weighted by Gasteiger charge is -2.21. The van der Waals surface area contributed by atoms with Crippen LogP contribution in [0.4, 0.5) is 0 Å². The third-order valence-electron chi connectivity index (χ3n) is 2.76. The number of hydrogen-bond acceptors (Lipinski definition) is 3. The van der Waals surface area contributed by atoms with Crippen molar-refractivity contribution in [2.24, 2.45) is 0 Å². The summed E-state index contributed by atoms with van der Waals surface area (Å²) in [6, 6.07) is 10.5. The van der Waals surface area contributed by atoms with E-state index < -0.39 is 5.60 Å². The molecule has 1 aromatic carbocycles. The van der Waals surface area contributed by atoms with Crippen molar-refractivity contribution in [1.29, 1.82) is 0 Å². The molecule has 2 rings (SSSR count). The van der Waals surface area contributed by atoms with Crippen LogP contribution in [0.3, 0.4) is 0 Å². The summed E-state index contributed by atoms with van der Waals surface area (Å²) in [7, 11) is 0. The van der Waals surface area contributed by atoms with Gasteiger partial charge in [0.2, 0.25) is 0 Å². The zero-order valence-electron chi connectivity index (χ0n) is 10.4. The monoisotopic (exact) mass is 323 g/mol. The lowest BCUT2D eigenvalue weighted by atomic mass is 10.0. The molecule has 0 saturated carbocycles. The van der Waals surface area contributed by atoms with Gasteiger partial charge in [-0.2, -0.15) is 0 Å². The highest BCUT2D eigenvalue weighted by Crippen LogP contribution is 2.20. The summed E-state index contributed by atoms with van der Waals surface area (Å²) in [5.41, 5.74) is -0.710. The Labute approximate surface area is 119 Å². The number of nitrogens with one attached hydrogen (secondary N) is 1. The van der Waals surface area contributed by atoms with Crippen LogP contribution in [-0.4, -0.2) is 17.6 Å². The smallest absolute Gasteiger partial charge is 0.252 e. The predicted octanol–water partition coefficient (Wildman–Crippen LogP) is 2.68. The average molecular weight is 324 g/mol. The first-order chi connectivity index (χ1) is 9.00. The lowest BCUT2D eigenvalue weighted by molar-refractivity contribution is 0.0330. The molecule has 1 heterocycles. The summed E-state index contributed by atoms with van der Waals surface area (Å²) in [6.07, 6.45) is 1.49. The number of amides is 1. The van der Waals surface area contributed by atoms with E-state index in [1.54, 1.807) is 37.3 Å². The van der Waals surface area contributed by atoms with Gasteiger partial charge in [0.15, 0.2) is 0 Å². The van der Waals surface area contributed by atoms with Crippen LogP contribution in [0, 0.1) is 0 Å². The Bertz CT molecular complexity index is 564. The average Bonchev–Trinajstić information content (AvgIpc) is 2.91. The molecule has 0 aliphatic heterocycles. The number of carbonyl (C=O) groups is 1. The van der Waals surface area contributed by atoms with E-state index >= 15 is 0 Å². The summed E-state index contributed by atoms with van der Waals surface area (Å²) in [4.78, 5) is 12.0. The number of halogens is 1. The van der Waals surface area contributed by atoms with Gasteiger partial charge in [0.25, 0.3) is 5.91 Å². The maximum Gasteiger partial charge on any atom is 0.252 e. The van der Waals surface area contributed by atoms with Crippen LogP contribution < -0.4 is 5.32 Å². The van der Waals surface area contributed by atoms with Gasteiger partial charge >= 0.3 is 0 Å². The quantitative estimate of drug-likeness (QED) is 0.909. The first-order valence-corrected chi connectivity index (χ1v) is 6.59. The van der Waals surface area contributed by atoms with E-state index in [9.17, 15) is 9.90 Å². The number of rotatable bonds is 4. The van der Waals surface area contributed by atoms with Gasteiger partial charge < -0.3 is 14.8 Å². The molecular formula is C14H14BrNO3. The van der Waals surface area contributed by atoms with Crippen LogP contribution in [0.15, 0.2) is 51.6 Å². The standard InChI is InChI=1S/C14H14BrNO3/c1-14(18,12-7-4-8-19-12)9-16-13(17)10-5-2-3-6-11(10)15/h2-8,18H,9H2,1H3,(H,16,17)/t14-/m0/s1. The Morgan fingerprint density at radius 2 is 2.11 bits per heavy atom. The summed E-state index contributed by atoms with van der Waals surface area (Å²) in [5.74, 6) is 0.166. The van der Waals surface area contributed by atoms with Crippen molar-refractivity contribution in [1.82, 2.24) is 5.32 Å². The van der Waals surface area contributed by atoms with Crippen LogP contribution in [-0.2, 0) is 5.60 Å². The zero-order valence-corrected chi connectivity index (χ0v) is 12.0. The molecule has 1 atom stereocenters. The molecule has 0 radical (unpaired) electrons. The van der Waals surface area contributed by atoms with Crippen LogP contribution in [0.25, 0.3) is 0 Å². The second-order valence-corrected chi connectivity index (χ2v) is 5.27. The first-order valence-electron chi connectivity index (χ1n) is 5.80. The minimum absolute atomic E-state index is 0.0701. The second-order valence-electron chi connectivity index (χ2n) is 4.41. The summed E-state index contributed by atoms with van der Waals surface area (Å²) in [6.45, 7) is 1.66. The molecule has 1 aromatic heterocycles. The molecule has 0 aliphatic carbocycles. The van der Waals surface area contributed by atoms with Gasteiger partial charge in [-0.25, -0.2) is 0 Å². The molecule has 100 valence electrons. The molecule has 2 N–H and O–H groups in total. The van der Waals surface area contributed by atoms with Gasteiger partial charge in [-0.3, -0.25) is 4.79 Å². The maximum absolute atomic E-state index is 12.0. The summed E-state index contributed by atoms with van der Waals surface area (Å²) in [5, 5.41) is 12.9. The van der Waals surface area contributed by atoms with E-state index in [0.29, 0.717) is 15.8 Å². The number of benzene rings is 1. The van der Waals surface area contributed by atoms with Gasteiger partial charge in [0.05, 0.1) is 18.4 Å². The van der Waals surface area contributed by atoms with Crippen molar-refractivity contribution < 1.29 is 14.3 Å². The fourth-order valence-corrected chi connectivity index (χ4v) is 2.13. The van der Waals surface area contributed by atoms with Crippen LogP contribution >= 0.6 is 15.9 Å². The third kappa shape index (κ3) is 3.24. The van der Waals surface area contributed by atoms with Crippen LogP contribution in [0.1, 0.15) is 23.0 Å². The van der Waals surface area contributed by atoms with Gasteiger partial charge in [0.1, 0.15) is 11.4 Å². The maximum atomic E-state index is 12.0. The van der Waals surface area contributed by atoms with Crippen molar-refractivity contribution in [2.45, 2.75) is 12.5 Å². The second kappa shape index (κ2) is 5.59. The highest BCUT2D eigenvalue weighted by Gasteiger charge is 2.27. The predicted molar refractivity (Wildman–Crippen MR) is 74.8 cm³/mol. The van der Waals surface area contributed by atoms with Gasteiger partial charge in [-0.15, -0.1) is 0 Å². The Morgan fingerprint density at radius 3 is 2.74 bits per heavy atom. The zero-order chi connectivity index (χ0) is 13.9. The SMILES string of the molecule is C[C@](O)(CNC(=O)c1ccccc1Br)c1ccco1. The fourth-order valence-electron chi connectivity index (χ4n) is 1.67. The minimum Gasteiger partial charge on any atom is -0.466 e. The Balaban J connectivity index is 2.03. The highest BCUT2D eigenvalue weighted by atomic mass is 79.9. The largest absolute Gasteiger partial charge is 0.466 e.